The van der Waals surface area contributed by atoms with Crippen molar-refractivity contribution in [2.24, 2.45) is 5.92 Å². The van der Waals surface area contributed by atoms with E-state index in [0.29, 0.717) is 18.4 Å². The monoisotopic (exact) mass is 272 g/mol. The van der Waals surface area contributed by atoms with E-state index in [9.17, 15) is 4.79 Å². The molecule has 1 aliphatic carbocycles. The lowest BCUT2D eigenvalue weighted by Crippen LogP contribution is -2.46. The fraction of sp³-hybridized carbons (Fsp3) is 0.588. The van der Waals surface area contributed by atoms with Crippen LogP contribution < -0.4 is 10.4 Å². The number of nitrogens with zero attached hydrogens (tertiary/aromatic N) is 1. The molecule has 1 aromatic carbocycles. The van der Waals surface area contributed by atoms with Crippen LogP contribution in [0.15, 0.2) is 24.3 Å². The number of fused-ring (bicyclic) bond motifs is 1. The van der Waals surface area contributed by atoms with Crippen molar-refractivity contribution in [3.63, 3.8) is 0 Å². The number of benzene rings is 1. The van der Waals surface area contributed by atoms with Crippen molar-refractivity contribution in [3.05, 3.63) is 29.8 Å². The Balaban J connectivity index is 1.61. The zero-order valence-corrected chi connectivity index (χ0v) is 12.3. The number of nitrogens with one attached hydrogen (secondary N) is 1. The van der Waals surface area contributed by atoms with Crippen molar-refractivity contribution >= 4 is 11.6 Å². The third kappa shape index (κ3) is 2.82. The van der Waals surface area contributed by atoms with Crippen LogP contribution in [0.3, 0.4) is 0 Å². The summed E-state index contributed by atoms with van der Waals surface area (Å²) in [4.78, 5) is 12.3. The zero-order chi connectivity index (χ0) is 13.9. The number of carbonyl (C=O) groups excluding carboxylic acids is 1. The molecule has 1 amide bonds. The number of carbonyl (C=O) groups is 1. The molecule has 0 unspecified atom stereocenters. The van der Waals surface area contributed by atoms with Crippen molar-refractivity contribution < 1.29 is 4.79 Å². The molecule has 0 aromatic heterocycles. The van der Waals surface area contributed by atoms with Gasteiger partial charge in [0.15, 0.2) is 0 Å². The molecule has 1 saturated carbocycles. The van der Waals surface area contributed by atoms with Crippen LogP contribution in [0, 0.1) is 5.92 Å². The molecule has 0 radical (unpaired) electrons. The lowest BCUT2D eigenvalue weighted by Gasteiger charge is -2.27. The van der Waals surface area contributed by atoms with Crippen LogP contribution in [0.4, 0.5) is 5.69 Å². The second-order valence-electron chi connectivity index (χ2n) is 6.29. The van der Waals surface area contributed by atoms with E-state index in [-0.39, 0.29) is 5.91 Å². The topological polar surface area (TPSA) is 32.3 Å². The number of amides is 1. The fourth-order valence-corrected chi connectivity index (χ4v) is 3.57. The van der Waals surface area contributed by atoms with Crippen molar-refractivity contribution in [2.45, 2.75) is 57.9 Å². The third-order valence-electron chi connectivity index (χ3n) is 4.65. The average Bonchev–Trinajstić information content (AvgIpc) is 2.76. The van der Waals surface area contributed by atoms with Crippen molar-refractivity contribution in [1.29, 1.82) is 0 Å². The zero-order valence-electron chi connectivity index (χ0n) is 12.3. The van der Waals surface area contributed by atoms with Gasteiger partial charge < -0.3 is 0 Å². The molecule has 2 aliphatic rings. The summed E-state index contributed by atoms with van der Waals surface area (Å²) in [5.41, 5.74) is 5.62. The maximum Gasteiger partial charge on any atom is 0.238 e. The molecule has 3 heteroatoms. The maximum absolute atomic E-state index is 12.3. The van der Waals surface area contributed by atoms with Crippen LogP contribution in [0.2, 0.25) is 0 Å². The molecule has 108 valence electrons. The van der Waals surface area contributed by atoms with Gasteiger partial charge in [0, 0.05) is 6.42 Å². The van der Waals surface area contributed by atoms with Gasteiger partial charge in [0.05, 0.1) is 11.7 Å². The van der Waals surface area contributed by atoms with Crippen LogP contribution in [-0.4, -0.2) is 11.9 Å². The first kappa shape index (κ1) is 13.5. The van der Waals surface area contributed by atoms with Gasteiger partial charge in [0.1, 0.15) is 0 Å². The smallest absolute Gasteiger partial charge is 0.238 e. The van der Waals surface area contributed by atoms with Gasteiger partial charge in [-0.3, -0.25) is 15.2 Å². The summed E-state index contributed by atoms with van der Waals surface area (Å²) in [6, 6.07) is 8.71. The molecule has 1 heterocycles. The Morgan fingerprint density at radius 2 is 2.00 bits per heavy atom. The number of para-hydroxylation sites is 1. The summed E-state index contributed by atoms with van der Waals surface area (Å²) in [5.74, 6) is 0.775. The molecule has 1 fully saturated rings. The van der Waals surface area contributed by atoms with E-state index in [2.05, 4.69) is 35.6 Å². The summed E-state index contributed by atoms with van der Waals surface area (Å²) in [6.45, 7) is 2.17. The Morgan fingerprint density at radius 3 is 2.80 bits per heavy atom. The lowest BCUT2D eigenvalue weighted by atomic mass is 9.87. The number of hydrogen-bond acceptors (Lipinski definition) is 2. The van der Waals surface area contributed by atoms with E-state index in [4.69, 9.17) is 0 Å². The van der Waals surface area contributed by atoms with E-state index in [0.717, 1.165) is 12.1 Å². The molecule has 1 atom stereocenters. The third-order valence-corrected chi connectivity index (χ3v) is 4.65. The molecule has 3 nitrogen and oxygen atoms in total. The highest BCUT2D eigenvalue weighted by Gasteiger charge is 2.27. The van der Waals surface area contributed by atoms with E-state index in [1.165, 1.54) is 37.7 Å². The first-order chi connectivity index (χ1) is 9.74. The van der Waals surface area contributed by atoms with Gasteiger partial charge in [-0.05, 0) is 43.7 Å². The Labute approximate surface area is 121 Å². The summed E-state index contributed by atoms with van der Waals surface area (Å²) >= 11 is 0. The van der Waals surface area contributed by atoms with Crippen LogP contribution in [0.1, 0.15) is 51.0 Å². The predicted molar refractivity (Wildman–Crippen MR) is 81.4 cm³/mol. The normalized spacial score (nSPS) is 22.6. The average molecular weight is 272 g/mol. The molecule has 3 rings (SSSR count). The molecule has 0 saturated heterocycles. The van der Waals surface area contributed by atoms with E-state index in [1.807, 2.05) is 6.07 Å². The Kier molecular flexibility index (Phi) is 3.95. The first-order valence-corrected chi connectivity index (χ1v) is 7.90. The highest BCUT2D eigenvalue weighted by atomic mass is 16.2. The molecule has 1 N–H and O–H groups in total. The summed E-state index contributed by atoms with van der Waals surface area (Å²) in [6.07, 6.45) is 8.07. The fourth-order valence-electron chi connectivity index (χ4n) is 3.57. The SMILES string of the molecule is C[C@H]1Cc2ccccc2N1NC(=O)CC1CCCCC1. The van der Waals surface area contributed by atoms with Crippen LogP contribution in [0.25, 0.3) is 0 Å². The minimum atomic E-state index is 0.181. The van der Waals surface area contributed by atoms with Crippen LogP contribution in [-0.2, 0) is 11.2 Å². The standard InChI is InChI=1S/C17H24N2O/c1-13-11-15-9-5-6-10-16(15)19(13)18-17(20)12-14-7-3-2-4-8-14/h5-6,9-10,13-14H,2-4,7-8,11-12H2,1H3,(H,18,20)/t13-/m0/s1. The van der Waals surface area contributed by atoms with E-state index < -0.39 is 0 Å². The van der Waals surface area contributed by atoms with Gasteiger partial charge in [-0.15, -0.1) is 0 Å². The largest absolute Gasteiger partial charge is 0.282 e. The Bertz CT molecular complexity index is 480. The number of hydrogen-bond donors (Lipinski definition) is 1. The van der Waals surface area contributed by atoms with Gasteiger partial charge in [0.2, 0.25) is 5.91 Å². The maximum atomic E-state index is 12.3. The lowest BCUT2D eigenvalue weighted by molar-refractivity contribution is -0.122. The Morgan fingerprint density at radius 1 is 1.25 bits per heavy atom. The van der Waals surface area contributed by atoms with E-state index in [1.54, 1.807) is 0 Å². The summed E-state index contributed by atoms with van der Waals surface area (Å²) < 4.78 is 0. The van der Waals surface area contributed by atoms with Crippen molar-refractivity contribution in [3.8, 4) is 0 Å². The van der Waals surface area contributed by atoms with Crippen molar-refractivity contribution in [2.75, 3.05) is 5.01 Å². The molecular weight excluding hydrogens is 248 g/mol. The second kappa shape index (κ2) is 5.86. The molecular formula is C17H24N2O. The minimum absolute atomic E-state index is 0.181. The van der Waals surface area contributed by atoms with Gasteiger partial charge in [-0.2, -0.15) is 0 Å². The molecule has 0 spiro atoms. The van der Waals surface area contributed by atoms with E-state index >= 15 is 0 Å². The van der Waals surface area contributed by atoms with Gasteiger partial charge >= 0.3 is 0 Å². The molecule has 0 bridgehead atoms. The van der Waals surface area contributed by atoms with Crippen LogP contribution >= 0.6 is 0 Å². The minimum Gasteiger partial charge on any atom is -0.282 e. The molecule has 1 aliphatic heterocycles. The van der Waals surface area contributed by atoms with Gasteiger partial charge in [-0.1, -0.05) is 37.5 Å². The van der Waals surface area contributed by atoms with Crippen LogP contribution in [0.5, 0.6) is 0 Å². The second-order valence-corrected chi connectivity index (χ2v) is 6.29. The highest BCUT2D eigenvalue weighted by Crippen LogP contribution is 2.31. The summed E-state index contributed by atoms with van der Waals surface area (Å²) in [5, 5.41) is 2.06. The highest BCUT2D eigenvalue weighted by molar-refractivity contribution is 5.79. The molecule has 1 aromatic rings. The number of anilines is 1. The molecule has 20 heavy (non-hydrogen) atoms. The van der Waals surface area contributed by atoms with Gasteiger partial charge in [0.25, 0.3) is 0 Å². The number of hydrazine groups is 1. The quantitative estimate of drug-likeness (QED) is 0.914. The first-order valence-electron chi connectivity index (χ1n) is 7.90. The van der Waals surface area contributed by atoms with Gasteiger partial charge in [-0.25, -0.2) is 0 Å². The summed E-state index contributed by atoms with van der Waals surface area (Å²) in [7, 11) is 0. The van der Waals surface area contributed by atoms with Crippen molar-refractivity contribution in [1.82, 2.24) is 5.43 Å². The number of rotatable bonds is 3. The predicted octanol–water partition coefficient (Wildman–Crippen LogP) is 3.44. The Hall–Kier alpha value is -1.51.